The van der Waals surface area contributed by atoms with Crippen LogP contribution in [-0.2, 0) is 18.9 Å². The van der Waals surface area contributed by atoms with Gasteiger partial charge in [-0.05, 0) is 72.5 Å². The monoisotopic (exact) mass is 540 g/mol. The number of halogens is 1. The Kier molecular flexibility index (Phi) is 7.02. The van der Waals surface area contributed by atoms with E-state index in [1.807, 2.05) is 57.2 Å². The molecule has 2 aliphatic rings. The summed E-state index contributed by atoms with van der Waals surface area (Å²) in [7, 11) is 0. The molecule has 7 atom stereocenters. The summed E-state index contributed by atoms with van der Waals surface area (Å²) in [5, 5.41) is 20.2. The van der Waals surface area contributed by atoms with E-state index in [-0.39, 0.29) is 4.11 Å². The van der Waals surface area contributed by atoms with E-state index in [1.54, 1.807) is 0 Å². The fourth-order valence-corrected chi connectivity index (χ4v) is 4.79. The van der Waals surface area contributed by atoms with E-state index in [0.717, 1.165) is 22.3 Å². The number of aliphatic hydroxyl groups is 2. The molecule has 6 nitrogen and oxygen atoms in total. The van der Waals surface area contributed by atoms with Gasteiger partial charge in [0, 0.05) is 11.1 Å². The van der Waals surface area contributed by atoms with Gasteiger partial charge in [0.1, 0.15) is 28.5 Å². The predicted molar refractivity (Wildman–Crippen MR) is 124 cm³/mol. The van der Waals surface area contributed by atoms with Crippen molar-refractivity contribution >= 4 is 22.6 Å². The smallest absolute Gasteiger partial charge is 0.185 e. The third kappa shape index (κ3) is 4.68. The Balaban J connectivity index is 1.62. The van der Waals surface area contributed by atoms with Crippen molar-refractivity contribution in [2.45, 2.75) is 68.8 Å². The minimum atomic E-state index is -1.10. The maximum absolute atomic E-state index is 10.6. The first-order valence-corrected chi connectivity index (χ1v) is 11.7. The molecule has 2 fully saturated rings. The molecule has 2 saturated heterocycles. The highest BCUT2D eigenvalue weighted by Crippen LogP contribution is 2.43. The molecule has 4 rings (SSSR count). The second kappa shape index (κ2) is 9.43. The van der Waals surface area contributed by atoms with Crippen LogP contribution in [0.5, 0.6) is 0 Å². The molecule has 0 bridgehead atoms. The zero-order chi connectivity index (χ0) is 22.3. The summed E-state index contributed by atoms with van der Waals surface area (Å²) in [5.74, 6) is 0. The van der Waals surface area contributed by atoms with Crippen LogP contribution in [0, 0.1) is 27.7 Å². The van der Waals surface area contributed by atoms with Crippen LogP contribution in [0.4, 0.5) is 0 Å². The Morgan fingerprint density at radius 1 is 0.774 bits per heavy atom. The maximum atomic E-state index is 10.6. The van der Waals surface area contributed by atoms with Gasteiger partial charge in [-0.1, -0.05) is 36.4 Å². The lowest BCUT2D eigenvalue weighted by Gasteiger charge is -2.49. The zero-order valence-electron chi connectivity index (χ0n) is 18.1. The molecule has 7 unspecified atom stereocenters. The Hall–Kier alpha value is -1.07. The molecule has 0 amide bonds. The van der Waals surface area contributed by atoms with E-state index in [4.69, 9.17) is 18.9 Å². The van der Waals surface area contributed by atoms with Gasteiger partial charge in [-0.2, -0.15) is 0 Å². The number of aliphatic hydroxyl groups excluding tert-OH is 2. The standard InChI is InChI=1S/C24H29IO6/c1-12-5-7-16(9-14(12)3)23-28-19(18(27)11-26)20-21(30-23)22(25)31-24(29-20)17-8-6-13(2)15(4)10-17/h5-10,18-24,26-27H,11H2,1-4H3. The van der Waals surface area contributed by atoms with E-state index in [0.29, 0.717) is 0 Å². The second-order valence-corrected chi connectivity index (χ2v) is 9.62. The summed E-state index contributed by atoms with van der Waals surface area (Å²) < 4.78 is 24.5. The number of hydrogen-bond acceptors (Lipinski definition) is 6. The molecule has 168 valence electrons. The van der Waals surface area contributed by atoms with Crippen molar-refractivity contribution in [3.05, 3.63) is 69.8 Å². The van der Waals surface area contributed by atoms with E-state index < -0.39 is 43.6 Å². The Bertz CT molecular complexity index is 934. The minimum Gasteiger partial charge on any atom is -0.394 e. The van der Waals surface area contributed by atoms with Crippen molar-refractivity contribution in [3.63, 3.8) is 0 Å². The van der Waals surface area contributed by atoms with Crippen molar-refractivity contribution in [3.8, 4) is 0 Å². The lowest BCUT2D eigenvalue weighted by Crippen LogP contribution is -2.60. The first-order chi connectivity index (χ1) is 14.8. The predicted octanol–water partition coefficient (Wildman–Crippen LogP) is 3.93. The van der Waals surface area contributed by atoms with Crippen LogP contribution in [-0.4, -0.2) is 45.3 Å². The van der Waals surface area contributed by atoms with Crippen LogP contribution in [0.15, 0.2) is 36.4 Å². The van der Waals surface area contributed by atoms with Crippen molar-refractivity contribution in [2.75, 3.05) is 6.61 Å². The molecule has 2 heterocycles. The molecule has 2 aliphatic heterocycles. The fourth-order valence-electron chi connectivity index (χ4n) is 3.95. The topological polar surface area (TPSA) is 77.4 Å². The van der Waals surface area contributed by atoms with Gasteiger partial charge in [-0.15, -0.1) is 0 Å². The highest BCUT2D eigenvalue weighted by molar-refractivity contribution is 14.1. The molecular formula is C24H29IO6. The molecule has 2 aromatic carbocycles. The molecule has 0 radical (unpaired) electrons. The molecule has 2 N–H and O–H groups in total. The van der Waals surface area contributed by atoms with Gasteiger partial charge in [-0.25, -0.2) is 0 Å². The average molecular weight is 540 g/mol. The third-order valence-corrected chi connectivity index (χ3v) is 7.18. The van der Waals surface area contributed by atoms with Gasteiger partial charge in [0.05, 0.1) is 6.61 Å². The highest BCUT2D eigenvalue weighted by Gasteiger charge is 2.51. The van der Waals surface area contributed by atoms with Crippen molar-refractivity contribution < 1.29 is 29.2 Å². The summed E-state index contributed by atoms with van der Waals surface area (Å²) >= 11 is 2.21. The number of hydrogen-bond donors (Lipinski definition) is 2. The number of fused-ring (bicyclic) bond motifs is 1. The van der Waals surface area contributed by atoms with E-state index in [1.165, 1.54) is 11.1 Å². The van der Waals surface area contributed by atoms with Crippen LogP contribution in [0.25, 0.3) is 0 Å². The maximum Gasteiger partial charge on any atom is 0.185 e. The van der Waals surface area contributed by atoms with Gasteiger partial charge >= 0.3 is 0 Å². The van der Waals surface area contributed by atoms with Gasteiger partial charge in [0.2, 0.25) is 0 Å². The third-order valence-electron chi connectivity index (χ3n) is 6.17. The first kappa shape index (κ1) is 23.1. The Labute approximate surface area is 196 Å². The molecule has 7 heteroatoms. The number of ether oxygens (including phenoxy) is 4. The Morgan fingerprint density at radius 3 is 1.81 bits per heavy atom. The average Bonchev–Trinajstić information content (AvgIpc) is 2.76. The second-order valence-electron chi connectivity index (χ2n) is 8.39. The van der Waals surface area contributed by atoms with Gasteiger partial charge in [-0.3, -0.25) is 0 Å². The minimum absolute atomic E-state index is 0.325. The molecule has 2 aromatic rings. The number of aryl methyl sites for hydroxylation is 4. The summed E-state index contributed by atoms with van der Waals surface area (Å²) in [6.07, 6.45) is -4.21. The van der Waals surface area contributed by atoms with E-state index in [2.05, 4.69) is 29.5 Å². The van der Waals surface area contributed by atoms with E-state index in [9.17, 15) is 10.2 Å². The zero-order valence-corrected chi connectivity index (χ0v) is 20.3. The molecule has 0 spiro atoms. The number of benzene rings is 2. The summed E-state index contributed by atoms with van der Waals surface area (Å²) in [5.41, 5.74) is 6.40. The molecule has 31 heavy (non-hydrogen) atoms. The molecule has 0 saturated carbocycles. The summed E-state index contributed by atoms with van der Waals surface area (Å²) in [6, 6.07) is 12.1. The number of alkyl halides is 1. The van der Waals surface area contributed by atoms with Gasteiger partial charge < -0.3 is 29.2 Å². The summed E-state index contributed by atoms with van der Waals surface area (Å²) in [4.78, 5) is 0. The van der Waals surface area contributed by atoms with E-state index >= 15 is 0 Å². The molecular weight excluding hydrogens is 511 g/mol. The SMILES string of the molecule is Cc1ccc(C2OC(C(O)CO)C3OC(c4ccc(C)c(C)c4)OC(I)C3O2)cc1C. The lowest BCUT2D eigenvalue weighted by atomic mass is 9.98. The first-order valence-electron chi connectivity index (χ1n) is 10.5. The molecule has 0 aromatic heterocycles. The van der Waals surface area contributed by atoms with Gasteiger partial charge in [0.25, 0.3) is 0 Å². The summed E-state index contributed by atoms with van der Waals surface area (Å²) in [6.45, 7) is 7.75. The van der Waals surface area contributed by atoms with Crippen molar-refractivity contribution in [2.24, 2.45) is 0 Å². The quantitative estimate of drug-likeness (QED) is 0.452. The van der Waals surface area contributed by atoms with Crippen LogP contribution in [0.2, 0.25) is 0 Å². The largest absolute Gasteiger partial charge is 0.394 e. The fraction of sp³-hybridized carbons (Fsp3) is 0.500. The van der Waals surface area contributed by atoms with Crippen molar-refractivity contribution in [1.29, 1.82) is 0 Å². The van der Waals surface area contributed by atoms with Crippen molar-refractivity contribution in [1.82, 2.24) is 0 Å². The Morgan fingerprint density at radius 2 is 1.29 bits per heavy atom. The van der Waals surface area contributed by atoms with Crippen LogP contribution in [0.3, 0.4) is 0 Å². The van der Waals surface area contributed by atoms with Crippen LogP contribution in [0.1, 0.15) is 46.0 Å². The lowest BCUT2D eigenvalue weighted by molar-refractivity contribution is -0.376. The number of rotatable bonds is 4. The normalized spacial score (nSPS) is 31.8. The molecule has 0 aliphatic carbocycles. The van der Waals surface area contributed by atoms with Crippen LogP contribution >= 0.6 is 22.6 Å². The van der Waals surface area contributed by atoms with Crippen LogP contribution < -0.4 is 0 Å². The van der Waals surface area contributed by atoms with Gasteiger partial charge in [0.15, 0.2) is 12.6 Å². The highest BCUT2D eigenvalue weighted by atomic mass is 127.